The minimum absolute atomic E-state index is 0.579. The summed E-state index contributed by atoms with van der Waals surface area (Å²) in [5.41, 5.74) is 0. The van der Waals surface area contributed by atoms with Crippen LogP contribution in [0.15, 0.2) is 0 Å². The van der Waals surface area contributed by atoms with Crippen molar-refractivity contribution in [2.75, 3.05) is 32.4 Å². The lowest BCUT2D eigenvalue weighted by Crippen LogP contribution is -2.53. The SMILES string of the molecule is CCCNC1CCN(CC(C)(C)S(C)(=O)=O)CC1C. The van der Waals surface area contributed by atoms with Crippen molar-refractivity contribution in [3.63, 3.8) is 0 Å². The molecular formula is C14H30N2O2S. The summed E-state index contributed by atoms with van der Waals surface area (Å²) < 4.78 is 22.9. The van der Waals surface area contributed by atoms with Crippen LogP contribution in [0.25, 0.3) is 0 Å². The zero-order valence-electron chi connectivity index (χ0n) is 13.1. The molecule has 2 unspecified atom stereocenters. The Morgan fingerprint density at radius 2 is 2.00 bits per heavy atom. The highest BCUT2D eigenvalue weighted by Crippen LogP contribution is 2.22. The molecule has 0 bridgehead atoms. The van der Waals surface area contributed by atoms with E-state index in [4.69, 9.17) is 0 Å². The Labute approximate surface area is 118 Å². The van der Waals surface area contributed by atoms with E-state index in [1.807, 2.05) is 13.8 Å². The molecule has 5 heteroatoms. The Morgan fingerprint density at radius 3 is 2.47 bits per heavy atom. The molecule has 1 fully saturated rings. The Hall–Kier alpha value is -0.130. The van der Waals surface area contributed by atoms with Crippen LogP contribution in [0.2, 0.25) is 0 Å². The van der Waals surface area contributed by atoms with Crippen molar-refractivity contribution in [2.24, 2.45) is 5.92 Å². The van der Waals surface area contributed by atoms with Crippen LogP contribution >= 0.6 is 0 Å². The van der Waals surface area contributed by atoms with E-state index < -0.39 is 14.6 Å². The number of nitrogens with one attached hydrogen (secondary N) is 1. The van der Waals surface area contributed by atoms with Crippen LogP contribution in [-0.2, 0) is 9.84 Å². The second-order valence-electron chi connectivity index (χ2n) is 6.59. The number of sulfone groups is 1. The molecular weight excluding hydrogens is 260 g/mol. The molecule has 19 heavy (non-hydrogen) atoms. The fraction of sp³-hybridized carbons (Fsp3) is 1.00. The van der Waals surface area contributed by atoms with E-state index in [-0.39, 0.29) is 0 Å². The van der Waals surface area contributed by atoms with Gasteiger partial charge in [0.1, 0.15) is 0 Å². The molecule has 1 N–H and O–H groups in total. The number of hydrogen-bond donors (Lipinski definition) is 1. The first-order valence-electron chi connectivity index (χ1n) is 7.32. The molecule has 0 saturated carbocycles. The van der Waals surface area contributed by atoms with Crippen LogP contribution in [0.4, 0.5) is 0 Å². The summed E-state index contributed by atoms with van der Waals surface area (Å²) in [5, 5.41) is 3.59. The average molecular weight is 290 g/mol. The average Bonchev–Trinajstić information content (AvgIpc) is 2.26. The smallest absolute Gasteiger partial charge is 0.153 e. The summed E-state index contributed by atoms with van der Waals surface area (Å²) in [6.45, 7) is 11.8. The molecule has 0 spiro atoms. The van der Waals surface area contributed by atoms with Crippen LogP contribution in [-0.4, -0.2) is 56.5 Å². The van der Waals surface area contributed by atoms with Gasteiger partial charge in [0.15, 0.2) is 9.84 Å². The minimum Gasteiger partial charge on any atom is -0.314 e. The zero-order chi connectivity index (χ0) is 14.7. The lowest BCUT2D eigenvalue weighted by molar-refractivity contribution is 0.138. The maximum Gasteiger partial charge on any atom is 0.153 e. The first-order chi connectivity index (χ1) is 8.67. The molecule has 1 saturated heterocycles. The molecule has 1 aliphatic rings. The largest absolute Gasteiger partial charge is 0.314 e. The molecule has 1 heterocycles. The second-order valence-corrected chi connectivity index (χ2v) is 9.24. The van der Waals surface area contributed by atoms with Gasteiger partial charge in [0.25, 0.3) is 0 Å². The Morgan fingerprint density at radius 1 is 1.37 bits per heavy atom. The van der Waals surface area contributed by atoms with E-state index in [9.17, 15) is 8.42 Å². The van der Waals surface area contributed by atoms with E-state index in [0.29, 0.717) is 18.5 Å². The third kappa shape index (κ3) is 4.72. The summed E-state index contributed by atoms with van der Waals surface area (Å²) in [5.74, 6) is 0.579. The molecule has 1 aliphatic heterocycles. The molecule has 2 atom stereocenters. The van der Waals surface area contributed by atoms with E-state index in [1.54, 1.807) is 0 Å². The van der Waals surface area contributed by atoms with Crippen molar-refractivity contribution in [3.05, 3.63) is 0 Å². The number of hydrogen-bond acceptors (Lipinski definition) is 4. The predicted molar refractivity (Wildman–Crippen MR) is 81.2 cm³/mol. The van der Waals surface area contributed by atoms with E-state index in [0.717, 1.165) is 32.5 Å². The second kappa shape index (κ2) is 6.55. The standard InChI is InChI=1S/C14H30N2O2S/c1-6-8-15-13-7-9-16(10-12(13)2)11-14(3,4)19(5,17)18/h12-13,15H,6-11H2,1-5H3. The van der Waals surface area contributed by atoms with Crippen molar-refractivity contribution in [1.29, 1.82) is 0 Å². The minimum atomic E-state index is -3.00. The first kappa shape index (κ1) is 16.9. The quantitative estimate of drug-likeness (QED) is 0.806. The van der Waals surface area contributed by atoms with E-state index in [2.05, 4.69) is 24.1 Å². The summed E-state index contributed by atoms with van der Waals surface area (Å²) in [6, 6.07) is 0.581. The maximum atomic E-state index is 11.8. The van der Waals surface area contributed by atoms with Crippen LogP contribution in [0.5, 0.6) is 0 Å². The van der Waals surface area contributed by atoms with Crippen LogP contribution in [0.1, 0.15) is 40.5 Å². The van der Waals surface area contributed by atoms with Gasteiger partial charge >= 0.3 is 0 Å². The lowest BCUT2D eigenvalue weighted by Gasteiger charge is -2.40. The van der Waals surface area contributed by atoms with Crippen LogP contribution in [0.3, 0.4) is 0 Å². The Bertz CT molecular complexity index is 379. The first-order valence-corrected chi connectivity index (χ1v) is 9.22. The van der Waals surface area contributed by atoms with Gasteiger partial charge in [-0.1, -0.05) is 13.8 Å². The number of nitrogens with zero attached hydrogens (tertiary/aromatic N) is 1. The molecule has 0 aliphatic carbocycles. The predicted octanol–water partition coefficient (Wildman–Crippen LogP) is 1.52. The van der Waals surface area contributed by atoms with Gasteiger partial charge in [-0.25, -0.2) is 8.42 Å². The Balaban J connectivity index is 2.53. The third-order valence-corrected chi connectivity index (χ3v) is 6.39. The van der Waals surface area contributed by atoms with E-state index in [1.165, 1.54) is 6.26 Å². The van der Waals surface area contributed by atoms with Crippen molar-refractivity contribution in [1.82, 2.24) is 10.2 Å². The lowest BCUT2D eigenvalue weighted by atomic mass is 9.93. The van der Waals surface area contributed by atoms with Gasteiger partial charge in [0.2, 0.25) is 0 Å². The fourth-order valence-corrected chi connectivity index (χ4v) is 3.08. The fourth-order valence-electron chi connectivity index (χ4n) is 2.66. The summed E-state index contributed by atoms with van der Waals surface area (Å²) in [4.78, 5) is 2.30. The van der Waals surface area contributed by atoms with Gasteiger partial charge in [-0.3, -0.25) is 0 Å². The molecule has 114 valence electrons. The Kier molecular flexibility index (Phi) is 5.83. The number of rotatable bonds is 6. The van der Waals surface area contributed by atoms with Gasteiger partial charge in [0.05, 0.1) is 4.75 Å². The molecule has 0 aromatic carbocycles. The van der Waals surface area contributed by atoms with Crippen LogP contribution in [0, 0.1) is 5.92 Å². The van der Waals surface area contributed by atoms with Gasteiger partial charge in [-0.15, -0.1) is 0 Å². The molecule has 0 amide bonds. The van der Waals surface area contributed by atoms with Crippen molar-refractivity contribution >= 4 is 9.84 Å². The number of likely N-dealkylation sites (tertiary alicyclic amines) is 1. The topological polar surface area (TPSA) is 49.4 Å². The molecule has 4 nitrogen and oxygen atoms in total. The maximum absolute atomic E-state index is 11.8. The number of piperidine rings is 1. The molecule has 0 radical (unpaired) electrons. The summed E-state index contributed by atoms with van der Waals surface area (Å²) in [6.07, 6.45) is 3.61. The zero-order valence-corrected chi connectivity index (χ0v) is 13.9. The van der Waals surface area contributed by atoms with Crippen molar-refractivity contribution < 1.29 is 8.42 Å². The molecule has 0 aromatic rings. The highest BCUT2D eigenvalue weighted by Gasteiger charge is 2.35. The van der Waals surface area contributed by atoms with Crippen LogP contribution < -0.4 is 5.32 Å². The van der Waals surface area contributed by atoms with E-state index >= 15 is 0 Å². The monoisotopic (exact) mass is 290 g/mol. The summed E-state index contributed by atoms with van der Waals surface area (Å²) >= 11 is 0. The van der Waals surface area contributed by atoms with Gasteiger partial charge in [-0.05, 0) is 45.7 Å². The summed E-state index contributed by atoms with van der Waals surface area (Å²) in [7, 11) is -3.00. The highest BCUT2D eigenvalue weighted by molar-refractivity contribution is 7.92. The normalized spacial score (nSPS) is 26.6. The van der Waals surface area contributed by atoms with Gasteiger partial charge < -0.3 is 10.2 Å². The third-order valence-electron chi connectivity index (χ3n) is 4.25. The molecule has 0 aromatic heterocycles. The highest BCUT2D eigenvalue weighted by atomic mass is 32.2. The van der Waals surface area contributed by atoms with Crippen molar-refractivity contribution in [3.8, 4) is 0 Å². The van der Waals surface area contributed by atoms with Crippen molar-refractivity contribution in [2.45, 2.75) is 51.3 Å². The van der Waals surface area contributed by atoms with Gasteiger partial charge in [0, 0.05) is 25.4 Å². The van der Waals surface area contributed by atoms with Gasteiger partial charge in [-0.2, -0.15) is 0 Å². The molecule has 1 rings (SSSR count).